The first-order valence-corrected chi connectivity index (χ1v) is 3.65. The van der Waals surface area contributed by atoms with Crippen LogP contribution < -0.4 is 11.5 Å². The first kappa shape index (κ1) is 8.62. The maximum absolute atomic E-state index is 5.62. The summed E-state index contributed by atoms with van der Waals surface area (Å²) >= 11 is 8.01. The average Bonchev–Trinajstić information content (AvgIpc) is 1.87. The molecule has 50 valence electrons. The van der Waals surface area contributed by atoms with Crippen LogP contribution in [-0.4, -0.2) is 23.6 Å². The van der Waals surface area contributed by atoms with Crippen LogP contribution in [0.4, 0.5) is 0 Å². The molecule has 0 heterocycles. The Morgan fingerprint density at radius 1 is 1.25 bits per heavy atom. The highest BCUT2D eigenvalue weighted by Crippen LogP contribution is 2.01. The van der Waals surface area contributed by atoms with Crippen LogP contribution >= 0.6 is 25.3 Å². The number of hydrogen-bond donors (Lipinski definition) is 4. The van der Waals surface area contributed by atoms with Crippen molar-refractivity contribution in [2.24, 2.45) is 11.5 Å². The van der Waals surface area contributed by atoms with Crippen LogP contribution in [-0.2, 0) is 0 Å². The molecule has 0 rings (SSSR count). The molecule has 4 heteroatoms. The smallest absolute Gasteiger partial charge is 0.0456 e. The number of rotatable bonds is 3. The summed E-state index contributed by atoms with van der Waals surface area (Å²) in [5.41, 5.74) is 10.6. The zero-order valence-electron chi connectivity index (χ0n) is 4.67. The minimum absolute atomic E-state index is 0.369. The van der Waals surface area contributed by atoms with Crippen LogP contribution in [0.15, 0.2) is 0 Å². The largest absolute Gasteiger partial charge is 0.329 e. The Morgan fingerprint density at radius 2 is 1.62 bits per heavy atom. The highest BCUT2D eigenvalue weighted by atomic mass is 32.1. The molecule has 0 aliphatic heterocycles. The van der Waals surface area contributed by atoms with Crippen molar-refractivity contribution in [1.29, 1.82) is 0 Å². The molecule has 0 bridgehead atoms. The lowest BCUT2D eigenvalue weighted by atomic mass is 10.1. The fraction of sp³-hybridized carbons (Fsp3) is 1.00. The molecule has 0 amide bonds. The van der Waals surface area contributed by atoms with E-state index in [4.69, 9.17) is 11.5 Å². The van der Waals surface area contributed by atoms with Crippen molar-refractivity contribution in [3.8, 4) is 0 Å². The number of nitrogens with two attached hydrogens (primary N) is 2. The average molecular weight is 152 g/mol. The van der Waals surface area contributed by atoms with E-state index in [9.17, 15) is 0 Å². The predicted molar refractivity (Wildman–Crippen MR) is 43.7 cm³/mol. The molecule has 4 N–H and O–H groups in total. The van der Waals surface area contributed by atoms with Crippen molar-refractivity contribution in [2.75, 3.05) is 18.1 Å². The molecule has 0 aliphatic rings. The SMILES string of the molecule is NCC(N)(CS)CS. The van der Waals surface area contributed by atoms with E-state index in [0.29, 0.717) is 18.1 Å². The van der Waals surface area contributed by atoms with Gasteiger partial charge in [-0.15, -0.1) is 0 Å². The van der Waals surface area contributed by atoms with Crippen LogP contribution in [0.5, 0.6) is 0 Å². The first-order valence-electron chi connectivity index (χ1n) is 2.39. The molecule has 0 spiro atoms. The van der Waals surface area contributed by atoms with E-state index in [0.717, 1.165) is 0 Å². The Labute approximate surface area is 60.8 Å². The molecule has 0 aromatic heterocycles. The fourth-order valence-corrected chi connectivity index (χ4v) is 0.837. The molecule has 0 unspecified atom stereocenters. The van der Waals surface area contributed by atoms with Gasteiger partial charge in [0.2, 0.25) is 0 Å². The summed E-state index contributed by atoms with van der Waals surface area (Å²) in [5.74, 6) is 1.18. The number of thiol groups is 2. The third kappa shape index (κ3) is 2.26. The van der Waals surface area contributed by atoms with Gasteiger partial charge in [-0.25, -0.2) is 0 Å². The summed E-state index contributed by atoms with van der Waals surface area (Å²) < 4.78 is 0. The lowest BCUT2D eigenvalue weighted by Crippen LogP contribution is -2.50. The van der Waals surface area contributed by atoms with E-state index < -0.39 is 0 Å². The summed E-state index contributed by atoms with van der Waals surface area (Å²) in [6.45, 7) is 0.444. The van der Waals surface area contributed by atoms with E-state index in [1.807, 2.05) is 0 Å². The minimum atomic E-state index is -0.369. The van der Waals surface area contributed by atoms with E-state index in [-0.39, 0.29) is 5.54 Å². The van der Waals surface area contributed by atoms with Gasteiger partial charge in [-0.2, -0.15) is 25.3 Å². The van der Waals surface area contributed by atoms with Gasteiger partial charge in [0.1, 0.15) is 0 Å². The van der Waals surface area contributed by atoms with Gasteiger partial charge in [-0.3, -0.25) is 0 Å². The molecule has 0 aromatic carbocycles. The van der Waals surface area contributed by atoms with E-state index in [1.54, 1.807) is 0 Å². The van der Waals surface area contributed by atoms with Crippen LogP contribution in [0.3, 0.4) is 0 Å². The van der Waals surface area contributed by atoms with Gasteiger partial charge >= 0.3 is 0 Å². The van der Waals surface area contributed by atoms with Crippen molar-refractivity contribution in [3.63, 3.8) is 0 Å². The monoisotopic (exact) mass is 152 g/mol. The second-order valence-electron chi connectivity index (χ2n) is 1.88. The maximum Gasteiger partial charge on any atom is 0.0456 e. The van der Waals surface area contributed by atoms with Crippen LogP contribution in [0.1, 0.15) is 0 Å². The highest BCUT2D eigenvalue weighted by molar-refractivity contribution is 7.81. The highest BCUT2D eigenvalue weighted by Gasteiger charge is 2.17. The standard InChI is InChI=1S/C4H12N2S2/c5-1-4(6,2-7)3-8/h7-8H,1-3,5-6H2. The van der Waals surface area contributed by atoms with Gasteiger partial charge in [-0.1, -0.05) is 0 Å². The summed E-state index contributed by atoms with van der Waals surface area (Å²) in [5, 5.41) is 0. The van der Waals surface area contributed by atoms with Gasteiger partial charge in [0.15, 0.2) is 0 Å². The van der Waals surface area contributed by atoms with Crippen LogP contribution in [0.25, 0.3) is 0 Å². The third-order valence-corrected chi connectivity index (χ3v) is 2.30. The predicted octanol–water partition coefficient (Wildman–Crippen LogP) is -0.498. The summed E-state index contributed by atoms with van der Waals surface area (Å²) in [6, 6.07) is 0. The molecule has 0 aromatic rings. The Balaban J connectivity index is 3.58. The molecule has 2 nitrogen and oxygen atoms in total. The molecule has 0 aliphatic carbocycles. The zero-order valence-corrected chi connectivity index (χ0v) is 6.46. The van der Waals surface area contributed by atoms with Gasteiger partial charge in [0.25, 0.3) is 0 Å². The third-order valence-electron chi connectivity index (χ3n) is 1.04. The summed E-state index contributed by atoms with van der Waals surface area (Å²) in [7, 11) is 0. The van der Waals surface area contributed by atoms with E-state index in [2.05, 4.69) is 25.3 Å². The molecular weight excluding hydrogens is 140 g/mol. The second kappa shape index (κ2) is 3.61. The molecule has 0 saturated carbocycles. The lowest BCUT2D eigenvalue weighted by molar-refractivity contribution is 0.555. The molecular formula is C4H12N2S2. The second-order valence-corrected chi connectivity index (χ2v) is 2.52. The summed E-state index contributed by atoms with van der Waals surface area (Å²) in [4.78, 5) is 0. The van der Waals surface area contributed by atoms with E-state index in [1.165, 1.54) is 0 Å². The summed E-state index contributed by atoms with van der Waals surface area (Å²) in [6.07, 6.45) is 0. The maximum atomic E-state index is 5.62. The topological polar surface area (TPSA) is 52.0 Å². The van der Waals surface area contributed by atoms with Gasteiger partial charge in [-0.05, 0) is 0 Å². The Kier molecular flexibility index (Phi) is 3.89. The zero-order chi connectivity index (χ0) is 6.62. The number of hydrogen-bond acceptors (Lipinski definition) is 4. The minimum Gasteiger partial charge on any atom is -0.329 e. The molecule has 0 atom stereocenters. The first-order chi connectivity index (χ1) is 3.68. The Hall–Kier alpha value is 0.620. The molecule has 0 radical (unpaired) electrons. The van der Waals surface area contributed by atoms with Crippen LogP contribution in [0.2, 0.25) is 0 Å². The Bertz CT molecular complexity index is 54.8. The van der Waals surface area contributed by atoms with Crippen molar-refractivity contribution in [3.05, 3.63) is 0 Å². The van der Waals surface area contributed by atoms with Crippen LogP contribution in [0, 0.1) is 0 Å². The molecule has 0 fully saturated rings. The quantitative estimate of drug-likeness (QED) is 0.412. The van der Waals surface area contributed by atoms with Crippen molar-refractivity contribution < 1.29 is 0 Å². The fourth-order valence-electron chi connectivity index (χ4n) is 0.179. The molecule has 0 saturated heterocycles. The van der Waals surface area contributed by atoms with Crippen molar-refractivity contribution >= 4 is 25.3 Å². The van der Waals surface area contributed by atoms with Gasteiger partial charge < -0.3 is 11.5 Å². The normalized spacial score (nSPS) is 12.0. The van der Waals surface area contributed by atoms with Crippen molar-refractivity contribution in [2.45, 2.75) is 5.54 Å². The van der Waals surface area contributed by atoms with Crippen molar-refractivity contribution in [1.82, 2.24) is 0 Å². The van der Waals surface area contributed by atoms with Gasteiger partial charge in [0.05, 0.1) is 0 Å². The van der Waals surface area contributed by atoms with E-state index >= 15 is 0 Å². The van der Waals surface area contributed by atoms with Gasteiger partial charge in [0, 0.05) is 23.6 Å². The lowest BCUT2D eigenvalue weighted by Gasteiger charge is -2.22. The molecule has 8 heavy (non-hydrogen) atoms. The Morgan fingerprint density at radius 3 is 1.62 bits per heavy atom.